The van der Waals surface area contributed by atoms with Gasteiger partial charge in [-0.1, -0.05) is 65.7 Å². The zero-order valence-corrected chi connectivity index (χ0v) is 27.6. The van der Waals surface area contributed by atoms with E-state index in [1.165, 1.54) is 23.1 Å². The molecule has 2 aromatic heterocycles. The molecular weight excluding hydrogens is 673 g/mol. The quantitative estimate of drug-likeness (QED) is 0.0844. The molecule has 12 heteroatoms. The molecule has 0 aliphatic rings. The van der Waals surface area contributed by atoms with E-state index in [1.807, 2.05) is 41.8 Å². The van der Waals surface area contributed by atoms with Crippen LogP contribution < -0.4 is 16.0 Å². The summed E-state index contributed by atoms with van der Waals surface area (Å²) in [6.45, 7) is 0. The number of rotatable bonds is 10. The van der Waals surface area contributed by atoms with E-state index in [0.29, 0.717) is 32.1 Å². The number of amides is 3. The van der Waals surface area contributed by atoms with Crippen molar-refractivity contribution in [2.45, 2.75) is 4.90 Å². The molecule has 0 unspecified atom stereocenters. The number of hydrogen-bond acceptors (Lipinski definition) is 6. The van der Waals surface area contributed by atoms with Gasteiger partial charge in [-0.15, -0.1) is 23.1 Å². The Bertz CT molecular complexity index is 2130. The number of hydrogen-bond donors (Lipinski definition) is 4. The minimum atomic E-state index is -0.500. The Kier molecular flexibility index (Phi) is 10.0. The Labute approximate surface area is 288 Å². The van der Waals surface area contributed by atoms with E-state index in [2.05, 4.69) is 25.9 Å². The van der Waals surface area contributed by atoms with Crippen molar-refractivity contribution in [2.75, 3.05) is 16.4 Å². The second-order valence-electron chi connectivity index (χ2n) is 10.1. The molecule has 2 heterocycles. The van der Waals surface area contributed by atoms with Crippen LogP contribution in [0.4, 0.5) is 10.8 Å². The maximum absolute atomic E-state index is 13.6. The molecule has 47 heavy (non-hydrogen) atoms. The van der Waals surface area contributed by atoms with Gasteiger partial charge in [-0.3, -0.25) is 14.4 Å². The van der Waals surface area contributed by atoms with Crippen LogP contribution in [0, 0.1) is 0 Å². The molecule has 8 nitrogen and oxygen atoms in total. The first-order chi connectivity index (χ1) is 22.8. The number of anilines is 2. The van der Waals surface area contributed by atoms with E-state index in [9.17, 15) is 14.4 Å². The number of H-pyrrole nitrogens is 1. The van der Waals surface area contributed by atoms with Crippen molar-refractivity contribution in [3.8, 4) is 11.3 Å². The van der Waals surface area contributed by atoms with Crippen molar-refractivity contribution in [1.29, 1.82) is 0 Å². The number of benzene rings is 4. The Morgan fingerprint density at radius 3 is 2.53 bits per heavy atom. The largest absolute Gasteiger partial charge is 0.361 e. The highest BCUT2D eigenvalue weighted by Crippen LogP contribution is 2.32. The van der Waals surface area contributed by atoms with Crippen LogP contribution >= 0.6 is 46.3 Å². The molecule has 6 rings (SSSR count). The molecule has 0 saturated heterocycles. The van der Waals surface area contributed by atoms with Gasteiger partial charge in [0, 0.05) is 54.8 Å². The lowest BCUT2D eigenvalue weighted by Gasteiger charge is -2.12. The summed E-state index contributed by atoms with van der Waals surface area (Å²) in [7, 11) is 0. The second-order valence-corrected chi connectivity index (χ2v) is 12.9. The zero-order valence-electron chi connectivity index (χ0n) is 24.4. The molecule has 0 aliphatic carbocycles. The third kappa shape index (κ3) is 8.11. The van der Waals surface area contributed by atoms with Crippen LogP contribution in [0.25, 0.3) is 28.2 Å². The molecule has 0 fully saturated rings. The average Bonchev–Trinajstić information content (AvgIpc) is 3.71. The number of aromatic nitrogens is 2. The maximum Gasteiger partial charge on any atom is 0.272 e. The van der Waals surface area contributed by atoms with E-state index in [-0.39, 0.29) is 17.4 Å². The molecule has 0 atom stereocenters. The number of carbonyl (C=O) groups is 3. The standard InChI is InChI=1S/C35H25Cl2N5O3S2/c36-23-13-14-27(28(37)16-23)31-19-47-35(41-31)42-32(43)20-46-25-10-6-9-24(17-25)39-34(45)30(40-33(44)21-7-2-1-3-8-21)15-22-18-38-29-12-5-4-11-26(22)29/h1-19,38H,20H2,(H,39,45)(H,40,44)(H,41,42,43)/b30-15-. The fourth-order valence-electron chi connectivity index (χ4n) is 4.63. The van der Waals surface area contributed by atoms with Crippen molar-refractivity contribution in [2.24, 2.45) is 0 Å². The summed E-state index contributed by atoms with van der Waals surface area (Å²) >= 11 is 14.9. The molecular formula is C35H25Cl2N5O3S2. The highest BCUT2D eigenvalue weighted by atomic mass is 35.5. The summed E-state index contributed by atoms with van der Waals surface area (Å²) in [6.07, 6.45) is 3.43. The van der Waals surface area contributed by atoms with Crippen LogP contribution in [-0.2, 0) is 9.59 Å². The normalized spacial score (nSPS) is 11.3. The number of para-hydroxylation sites is 1. The Morgan fingerprint density at radius 2 is 1.70 bits per heavy atom. The lowest BCUT2D eigenvalue weighted by atomic mass is 10.1. The van der Waals surface area contributed by atoms with Crippen molar-refractivity contribution in [1.82, 2.24) is 15.3 Å². The molecule has 3 amide bonds. The van der Waals surface area contributed by atoms with Gasteiger partial charge in [-0.25, -0.2) is 4.98 Å². The molecule has 0 aliphatic heterocycles. The van der Waals surface area contributed by atoms with Gasteiger partial charge in [0.25, 0.3) is 11.8 Å². The third-order valence-corrected chi connectivity index (χ3v) is 9.17. The number of fused-ring (bicyclic) bond motifs is 1. The van der Waals surface area contributed by atoms with Gasteiger partial charge in [0.05, 0.1) is 16.5 Å². The SMILES string of the molecule is O=C(CSc1cccc(NC(=O)/C(=C/c2c[nH]c3ccccc23)NC(=O)c2ccccc2)c1)Nc1nc(-c2ccc(Cl)cc2Cl)cs1. The maximum atomic E-state index is 13.6. The molecule has 0 radical (unpaired) electrons. The van der Waals surface area contributed by atoms with Crippen LogP contribution in [-0.4, -0.2) is 33.4 Å². The van der Waals surface area contributed by atoms with E-state index in [1.54, 1.807) is 72.9 Å². The van der Waals surface area contributed by atoms with Crippen LogP contribution in [0.3, 0.4) is 0 Å². The number of thiazole rings is 1. The monoisotopic (exact) mass is 697 g/mol. The van der Waals surface area contributed by atoms with Crippen molar-refractivity contribution < 1.29 is 14.4 Å². The summed E-state index contributed by atoms with van der Waals surface area (Å²) in [6, 6.07) is 28.7. The Balaban J connectivity index is 1.12. The zero-order chi connectivity index (χ0) is 32.8. The fourth-order valence-corrected chi connectivity index (χ4v) is 6.62. The van der Waals surface area contributed by atoms with E-state index in [0.717, 1.165) is 26.9 Å². The third-order valence-electron chi connectivity index (χ3n) is 6.87. The highest BCUT2D eigenvalue weighted by molar-refractivity contribution is 8.00. The van der Waals surface area contributed by atoms with Crippen LogP contribution in [0.15, 0.2) is 119 Å². The first-order valence-electron chi connectivity index (χ1n) is 14.2. The number of carbonyl (C=O) groups excluding carboxylic acids is 3. The lowest BCUT2D eigenvalue weighted by molar-refractivity contribution is -0.114. The van der Waals surface area contributed by atoms with E-state index in [4.69, 9.17) is 23.2 Å². The summed E-state index contributed by atoms with van der Waals surface area (Å²) in [4.78, 5) is 47.8. The predicted molar refractivity (Wildman–Crippen MR) is 192 cm³/mol. The second kappa shape index (κ2) is 14.7. The van der Waals surface area contributed by atoms with E-state index >= 15 is 0 Å². The summed E-state index contributed by atoms with van der Waals surface area (Å²) in [5, 5.41) is 12.6. The summed E-state index contributed by atoms with van der Waals surface area (Å²) in [5.41, 5.74) is 4.01. The first-order valence-corrected chi connectivity index (χ1v) is 16.8. The number of aromatic amines is 1. The summed E-state index contributed by atoms with van der Waals surface area (Å²) in [5.74, 6) is -1.03. The molecule has 0 saturated carbocycles. The summed E-state index contributed by atoms with van der Waals surface area (Å²) < 4.78 is 0. The van der Waals surface area contributed by atoms with Crippen molar-refractivity contribution >= 4 is 91.8 Å². The van der Waals surface area contributed by atoms with Gasteiger partial charge >= 0.3 is 0 Å². The van der Waals surface area contributed by atoms with Gasteiger partial charge in [0.15, 0.2) is 5.13 Å². The van der Waals surface area contributed by atoms with Gasteiger partial charge in [0.1, 0.15) is 5.70 Å². The van der Waals surface area contributed by atoms with Crippen molar-refractivity contribution in [3.63, 3.8) is 0 Å². The van der Waals surface area contributed by atoms with Crippen LogP contribution in [0.1, 0.15) is 15.9 Å². The topological polar surface area (TPSA) is 116 Å². The number of thioether (sulfide) groups is 1. The minimum Gasteiger partial charge on any atom is -0.361 e. The van der Waals surface area contributed by atoms with Crippen LogP contribution in [0.2, 0.25) is 10.0 Å². The highest BCUT2D eigenvalue weighted by Gasteiger charge is 2.17. The molecule has 4 N–H and O–H groups in total. The Morgan fingerprint density at radius 1 is 0.894 bits per heavy atom. The number of nitrogens with zero attached hydrogens (tertiary/aromatic N) is 1. The minimum absolute atomic E-state index is 0.0729. The van der Waals surface area contributed by atoms with Gasteiger partial charge in [0.2, 0.25) is 5.91 Å². The van der Waals surface area contributed by atoms with E-state index < -0.39 is 11.8 Å². The first kappa shape index (κ1) is 32.1. The molecule has 0 bridgehead atoms. The molecule has 4 aromatic carbocycles. The van der Waals surface area contributed by atoms with Gasteiger partial charge in [-0.2, -0.15) is 0 Å². The van der Waals surface area contributed by atoms with Gasteiger partial charge < -0.3 is 20.9 Å². The van der Waals surface area contributed by atoms with Crippen LogP contribution in [0.5, 0.6) is 0 Å². The Hall–Kier alpha value is -4.87. The number of halogens is 2. The number of nitrogens with one attached hydrogen (secondary N) is 4. The van der Waals surface area contributed by atoms with Crippen molar-refractivity contribution in [3.05, 3.63) is 136 Å². The smallest absolute Gasteiger partial charge is 0.272 e. The fraction of sp³-hybridized carbons (Fsp3) is 0.0286. The predicted octanol–water partition coefficient (Wildman–Crippen LogP) is 8.74. The average molecular weight is 699 g/mol. The molecule has 0 spiro atoms. The molecule has 234 valence electrons. The molecule has 6 aromatic rings. The lowest BCUT2D eigenvalue weighted by Crippen LogP contribution is -2.30. The van der Waals surface area contributed by atoms with Gasteiger partial charge in [-0.05, 0) is 60.7 Å².